The molecule has 2 rings (SSSR count). The van der Waals surface area contributed by atoms with Crippen LogP contribution in [-0.4, -0.2) is 29.8 Å². The molecule has 1 fully saturated rings. The lowest BCUT2D eigenvalue weighted by molar-refractivity contribution is 0.0930. The van der Waals surface area contributed by atoms with Crippen LogP contribution in [-0.2, 0) is 0 Å². The van der Waals surface area contributed by atoms with E-state index in [-0.39, 0.29) is 18.2 Å². The number of rotatable bonds is 5. The largest absolute Gasteiger partial charge is 0.300 e. The first-order valence-electron chi connectivity index (χ1n) is 7.04. The SMILES string of the molecule is CCC(CC(=O)c1ccc(C)cc1)N1CCCC1.Cl. The molecule has 0 saturated carbocycles. The van der Waals surface area contributed by atoms with Gasteiger partial charge in [-0.25, -0.2) is 0 Å². The van der Waals surface area contributed by atoms with Gasteiger partial charge in [0.1, 0.15) is 0 Å². The minimum Gasteiger partial charge on any atom is -0.300 e. The van der Waals surface area contributed by atoms with Crippen molar-refractivity contribution >= 4 is 18.2 Å². The number of nitrogens with zero attached hydrogens (tertiary/aromatic N) is 1. The van der Waals surface area contributed by atoms with E-state index in [0.29, 0.717) is 12.5 Å². The Kier molecular flexibility index (Phi) is 6.53. The van der Waals surface area contributed by atoms with Crippen molar-refractivity contribution in [1.82, 2.24) is 4.90 Å². The lowest BCUT2D eigenvalue weighted by atomic mass is 10.0. The van der Waals surface area contributed by atoms with Gasteiger partial charge >= 0.3 is 0 Å². The van der Waals surface area contributed by atoms with E-state index in [0.717, 1.165) is 12.0 Å². The van der Waals surface area contributed by atoms with Crippen molar-refractivity contribution in [2.75, 3.05) is 13.1 Å². The lowest BCUT2D eigenvalue weighted by Gasteiger charge is -2.25. The summed E-state index contributed by atoms with van der Waals surface area (Å²) >= 11 is 0. The van der Waals surface area contributed by atoms with E-state index in [2.05, 4.69) is 11.8 Å². The van der Waals surface area contributed by atoms with Crippen LogP contribution in [0.4, 0.5) is 0 Å². The first-order chi connectivity index (χ1) is 8.70. The fourth-order valence-corrected chi connectivity index (χ4v) is 2.71. The summed E-state index contributed by atoms with van der Waals surface area (Å²) in [5.74, 6) is 0.286. The van der Waals surface area contributed by atoms with Crippen LogP contribution in [0.15, 0.2) is 24.3 Å². The van der Waals surface area contributed by atoms with Gasteiger partial charge in [-0.15, -0.1) is 12.4 Å². The van der Waals surface area contributed by atoms with Gasteiger partial charge in [-0.2, -0.15) is 0 Å². The summed E-state index contributed by atoms with van der Waals surface area (Å²) < 4.78 is 0. The van der Waals surface area contributed by atoms with Gasteiger partial charge < -0.3 is 0 Å². The maximum absolute atomic E-state index is 12.3. The number of hydrogen-bond acceptors (Lipinski definition) is 2. The van der Waals surface area contributed by atoms with Crippen LogP contribution in [0.1, 0.15) is 48.5 Å². The number of carbonyl (C=O) groups is 1. The average molecular weight is 282 g/mol. The van der Waals surface area contributed by atoms with Crippen LogP contribution in [0.3, 0.4) is 0 Å². The van der Waals surface area contributed by atoms with Crippen molar-refractivity contribution in [1.29, 1.82) is 0 Å². The van der Waals surface area contributed by atoms with Crippen molar-refractivity contribution in [2.45, 2.75) is 45.6 Å². The third-order valence-corrected chi connectivity index (χ3v) is 3.92. The molecule has 0 amide bonds. The van der Waals surface area contributed by atoms with Gasteiger partial charge in [0, 0.05) is 18.0 Å². The molecule has 1 aromatic rings. The summed E-state index contributed by atoms with van der Waals surface area (Å²) in [6.07, 6.45) is 4.31. The molecule has 0 radical (unpaired) electrons. The normalized spacial score (nSPS) is 16.9. The zero-order chi connectivity index (χ0) is 13.0. The van der Waals surface area contributed by atoms with Gasteiger partial charge in [-0.05, 0) is 39.3 Å². The molecule has 0 N–H and O–H groups in total. The van der Waals surface area contributed by atoms with Gasteiger partial charge in [-0.3, -0.25) is 9.69 Å². The van der Waals surface area contributed by atoms with Gasteiger partial charge in [0.05, 0.1) is 0 Å². The minimum absolute atomic E-state index is 0. The fourth-order valence-electron chi connectivity index (χ4n) is 2.71. The number of aryl methyl sites for hydroxylation is 1. The second kappa shape index (κ2) is 7.66. The number of hydrogen-bond donors (Lipinski definition) is 0. The molecule has 3 heteroatoms. The van der Waals surface area contributed by atoms with Crippen LogP contribution >= 0.6 is 12.4 Å². The minimum atomic E-state index is 0. The molecule has 1 aromatic carbocycles. The van der Waals surface area contributed by atoms with Crippen LogP contribution in [0, 0.1) is 6.92 Å². The predicted octanol–water partition coefficient (Wildman–Crippen LogP) is 3.86. The van der Waals surface area contributed by atoms with E-state index in [4.69, 9.17) is 0 Å². The van der Waals surface area contributed by atoms with Crippen molar-refractivity contribution in [2.24, 2.45) is 0 Å². The number of benzene rings is 1. The zero-order valence-corrected chi connectivity index (χ0v) is 12.7. The third kappa shape index (κ3) is 4.32. The predicted molar refractivity (Wildman–Crippen MR) is 82.3 cm³/mol. The Bertz CT molecular complexity index is 396. The molecule has 1 unspecified atom stereocenters. The van der Waals surface area contributed by atoms with Gasteiger partial charge in [0.2, 0.25) is 0 Å². The Morgan fingerprint density at radius 1 is 1.21 bits per heavy atom. The Morgan fingerprint density at radius 3 is 2.32 bits per heavy atom. The molecular weight excluding hydrogens is 258 g/mol. The number of halogens is 1. The van der Waals surface area contributed by atoms with Crippen LogP contribution < -0.4 is 0 Å². The molecule has 1 heterocycles. The lowest BCUT2D eigenvalue weighted by Crippen LogP contribution is -2.34. The summed E-state index contributed by atoms with van der Waals surface area (Å²) in [6.45, 7) is 6.57. The monoisotopic (exact) mass is 281 g/mol. The Hall–Kier alpha value is -0.860. The summed E-state index contributed by atoms with van der Waals surface area (Å²) in [7, 11) is 0. The molecule has 1 atom stereocenters. The molecule has 0 aromatic heterocycles. The zero-order valence-electron chi connectivity index (χ0n) is 11.9. The van der Waals surface area contributed by atoms with Crippen molar-refractivity contribution in [3.8, 4) is 0 Å². The van der Waals surface area contributed by atoms with Crippen LogP contribution in [0.5, 0.6) is 0 Å². The molecule has 0 bridgehead atoms. The van der Waals surface area contributed by atoms with E-state index in [1.807, 2.05) is 31.2 Å². The third-order valence-electron chi connectivity index (χ3n) is 3.92. The number of ketones is 1. The average Bonchev–Trinajstić information content (AvgIpc) is 2.90. The van der Waals surface area contributed by atoms with Gasteiger partial charge in [0.15, 0.2) is 5.78 Å². The Labute approximate surface area is 122 Å². The van der Waals surface area contributed by atoms with E-state index in [1.54, 1.807) is 0 Å². The molecular formula is C16H24ClNO. The van der Waals surface area contributed by atoms with Crippen molar-refractivity contribution < 1.29 is 4.79 Å². The summed E-state index contributed by atoms with van der Waals surface area (Å²) in [4.78, 5) is 14.7. The molecule has 0 aliphatic carbocycles. The fraction of sp³-hybridized carbons (Fsp3) is 0.562. The van der Waals surface area contributed by atoms with Gasteiger partial charge in [0.25, 0.3) is 0 Å². The van der Waals surface area contributed by atoms with Crippen molar-refractivity contribution in [3.63, 3.8) is 0 Å². The molecule has 1 saturated heterocycles. The van der Waals surface area contributed by atoms with Crippen LogP contribution in [0.2, 0.25) is 0 Å². The molecule has 2 nitrogen and oxygen atoms in total. The van der Waals surface area contributed by atoms with E-state index < -0.39 is 0 Å². The Morgan fingerprint density at radius 2 is 1.79 bits per heavy atom. The number of Topliss-reactive ketones (excluding diaryl/α,β-unsaturated/α-hetero) is 1. The first kappa shape index (κ1) is 16.2. The topological polar surface area (TPSA) is 20.3 Å². The highest BCUT2D eigenvalue weighted by Crippen LogP contribution is 2.18. The summed E-state index contributed by atoms with van der Waals surface area (Å²) in [6, 6.07) is 8.37. The highest BCUT2D eigenvalue weighted by atomic mass is 35.5. The Balaban J connectivity index is 0.00000180. The second-order valence-corrected chi connectivity index (χ2v) is 5.30. The van der Waals surface area contributed by atoms with E-state index in [1.165, 1.54) is 31.5 Å². The van der Waals surface area contributed by atoms with Crippen molar-refractivity contribution in [3.05, 3.63) is 35.4 Å². The molecule has 1 aliphatic heterocycles. The first-order valence-corrected chi connectivity index (χ1v) is 7.04. The van der Waals surface area contributed by atoms with Gasteiger partial charge in [-0.1, -0.05) is 36.8 Å². The maximum Gasteiger partial charge on any atom is 0.164 e. The molecule has 1 aliphatic rings. The smallest absolute Gasteiger partial charge is 0.164 e. The maximum atomic E-state index is 12.3. The quantitative estimate of drug-likeness (QED) is 0.764. The van der Waals surface area contributed by atoms with Crippen LogP contribution in [0.25, 0.3) is 0 Å². The highest BCUT2D eigenvalue weighted by Gasteiger charge is 2.23. The van der Waals surface area contributed by atoms with E-state index >= 15 is 0 Å². The number of likely N-dealkylation sites (tertiary alicyclic amines) is 1. The molecule has 0 spiro atoms. The van der Waals surface area contributed by atoms with E-state index in [9.17, 15) is 4.79 Å². The summed E-state index contributed by atoms with van der Waals surface area (Å²) in [5, 5.41) is 0. The number of carbonyl (C=O) groups excluding carboxylic acids is 1. The molecule has 106 valence electrons. The second-order valence-electron chi connectivity index (χ2n) is 5.30. The highest BCUT2D eigenvalue weighted by molar-refractivity contribution is 5.96. The molecule has 19 heavy (non-hydrogen) atoms. The standard InChI is InChI=1S/C16H23NO.ClH/c1-3-15(17-10-4-5-11-17)12-16(18)14-8-6-13(2)7-9-14;/h6-9,15H,3-5,10-12H2,1-2H3;1H. The summed E-state index contributed by atoms with van der Waals surface area (Å²) in [5.41, 5.74) is 2.07.